The summed E-state index contributed by atoms with van der Waals surface area (Å²) in [5, 5.41) is 0. The number of allylic oxidation sites excluding steroid dienone is 1. The zero-order valence-corrected chi connectivity index (χ0v) is 10.1. The lowest BCUT2D eigenvalue weighted by Gasteiger charge is -2.37. The number of hydrogen-bond donors (Lipinski definition) is 1. The van der Waals surface area contributed by atoms with Gasteiger partial charge < -0.3 is 5.73 Å². The standard InChI is InChI=1S/C12H23NO/c1-7-9(2)8-10(14)11(3,4)12(5,6)13/h2,7-8,13H2,1,3-6H3. The topological polar surface area (TPSA) is 43.1 Å². The maximum absolute atomic E-state index is 11.9. The van der Waals surface area contributed by atoms with Crippen LogP contribution in [0.15, 0.2) is 12.2 Å². The number of Topliss-reactive ketones (excluding diaryl/α,β-unsaturated/α-hetero) is 1. The molecule has 0 amide bonds. The van der Waals surface area contributed by atoms with E-state index in [1.807, 2.05) is 34.6 Å². The summed E-state index contributed by atoms with van der Waals surface area (Å²) in [5.41, 5.74) is 5.98. The molecule has 0 spiro atoms. The van der Waals surface area contributed by atoms with Crippen LogP contribution >= 0.6 is 0 Å². The van der Waals surface area contributed by atoms with Gasteiger partial charge in [-0.05, 0) is 20.3 Å². The summed E-state index contributed by atoms with van der Waals surface area (Å²) in [7, 11) is 0. The van der Waals surface area contributed by atoms with Gasteiger partial charge in [-0.2, -0.15) is 0 Å². The van der Waals surface area contributed by atoms with Crippen molar-refractivity contribution in [3.63, 3.8) is 0 Å². The molecule has 0 fully saturated rings. The Kier molecular flexibility index (Phi) is 4.07. The molecule has 0 aliphatic carbocycles. The Labute approximate surface area is 87.6 Å². The fourth-order valence-electron chi connectivity index (χ4n) is 0.932. The highest BCUT2D eigenvalue weighted by Crippen LogP contribution is 2.31. The number of rotatable bonds is 5. The van der Waals surface area contributed by atoms with Crippen molar-refractivity contribution in [2.24, 2.45) is 11.1 Å². The number of carbonyl (C=O) groups excluding carboxylic acids is 1. The Hall–Kier alpha value is -0.630. The van der Waals surface area contributed by atoms with Gasteiger partial charge in [0.05, 0.1) is 0 Å². The minimum absolute atomic E-state index is 0.178. The fourth-order valence-corrected chi connectivity index (χ4v) is 0.932. The average Bonchev–Trinajstić information content (AvgIpc) is 2.01. The van der Waals surface area contributed by atoms with Crippen molar-refractivity contribution in [1.82, 2.24) is 0 Å². The largest absolute Gasteiger partial charge is 0.325 e. The third kappa shape index (κ3) is 2.95. The van der Waals surface area contributed by atoms with Gasteiger partial charge in [0.15, 0.2) is 0 Å². The Balaban J connectivity index is 4.61. The second-order valence-electron chi connectivity index (χ2n) is 5.05. The lowest BCUT2D eigenvalue weighted by atomic mass is 9.70. The minimum atomic E-state index is -0.495. The average molecular weight is 197 g/mol. The molecule has 0 bridgehead atoms. The normalized spacial score (nSPS) is 12.7. The first-order chi connectivity index (χ1) is 6.13. The molecule has 0 saturated heterocycles. The van der Waals surface area contributed by atoms with Gasteiger partial charge in [0.1, 0.15) is 5.78 Å². The summed E-state index contributed by atoms with van der Waals surface area (Å²) < 4.78 is 0. The van der Waals surface area contributed by atoms with Crippen LogP contribution in [0, 0.1) is 5.41 Å². The Morgan fingerprint density at radius 2 is 1.71 bits per heavy atom. The molecule has 0 aromatic rings. The van der Waals surface area contributed by atoms with Gasteiger partial charge >= 0.3 is 0 Å². The van der Waals surface area contributed by atoms with Gasteiger partial charge in [0, 0.05) is 17.4 Å². The van der Waals surface area contributed by atoms with Crippen molar-refractivity contribution in [2.45, 2.75) is 53.0 Å². The number of ketones is 1. The molecule has 82 valence electrons. The SMILES string of the molecule is C=C(CC)CC(=O)C(C)(C)C(C)(C)N. The zero-order chi connectivity index (χ0) is 11.6. The zero-order valence-electron chi connectivity index (χ0n) is 10.1. The van der Waals surface area contributed by atoms with E-state index in [2.05, 4.69) is 6.58 Å². The first-order valence-corrected chi connectivity index (χ1v) is 5.11. The third-order valence-corrected chi connectivity index (χ3v) is 3.22. The van der Waals surface area contributed by atoms with Crippen LogP contribution in [0.2, 0.25) is 0 Å². The highest BCUT2D eigenvalue weighted by molar-refractivity contribution is 5.87. The summed E-state index contributed by atoms with van der Waals surface area (Å²) in [6, 6.07) is 0. The van der Waals surface area contributed by atoms with Crippen LogP contribution in [0.5, 0.6) is 0 Å². The van der Waals surface area contributed by atoms with Crippen LogP contribution in [-0.2, 0) is 4.79 Å². The smallest absolute Gasteiger partial charge is 0.144 e. The number of nitrogens with two attached hydrogens (primary N) is 1. The molecule has 0 heterocycles. The molecule has 2 N–H and O–H groups in total. The summed E-state index contributed by atoms with van der Waals surface area (Å²) >= 11 is 0. The maximum Gasteiger partial charge on any atom is 0.144 e. The van der Waals surface area contributed by atoms with E-state index in [9.17, 15) is 4.79 Å². The van der Waals surface area contributed by atoms with E-state index in [1.165, 1.54) is 0 Å². The van der Waals surface area contributed by atoms with Crippen molar-refractivity contribution in [2.75, 3.05) is 0 Å². The first-order valence-electron chi connectivity index (χ1n) is 5.11. The van der Waals surface area contributed by atoms with E-state index < -0.39 is 11.0 Å². The molecule has 2 heteroatoms. The van der Waals surface area contributed by atoms with Crippen LogP contribution in [0.1, 0.15) is 47.5 Å². The molecule has 14 heavy (non-hydrogen) atoms. The molecule has 2 nitrogen and oxygen atoms in total. The molecule has 0 aliphatic heterocycles. The Bertz CT molecular complexity index is 233. The van der Waals surface area contributed by atoms with Crippen molar-refractivity contribution < 1.29 is 4.79 Å². The molecule has 0 aromatic heterocycles. The molecule has 0 saturated carbocycles. The van der Waals surface area contributed by atoms with Gasteiger partial charge in [-0.15, -0.1) is 0 Å². The first kappa shape index (κ1) is 13.4. The lowest BCUT2D eigenvalue weighted by Crippen LogP contribution is -2.51. The quantitative estimate of drug-likeness (QED) is 0.689. The summed E-state index contributed by atoms with van der Waals surface area (Å²) in [6.45, 7) is 13.4. The van der Waals surface area contributed by atoms with E-state index in [1.54, 1.807) is 0 Å². The van der Waals surface area contributed by atoms with Crippen molar-refractivity contribution in [3.05, 3.63) is 12.2 Å². The van der Waals surface area contributed by atoms with Gasteiger partial charge in [-0.3, -0.25) is 4.79 Å². The van der Waals surface area contributed by atoms with Gasteiger partial charge in [0.2, 0.25) is 0 Å². The summed E-state index contributed by atoms with van der Waals surface area (Å²) in [6.07, 6.45) is 1.30. The van der Waals surface area contributed by atoms with E-state index in [0.717, 1.165) is 12.0 Å². The van der Waals surface area contributed by atoms with E-state index in [-0.39, 0.29) is 5.78 Å². The summed E-state index contributed by atoms with van der Waals surface area (Å²) in [4.78, 5) is 11.9. The van der Waals surface area contributed by atoms with E-state index in [0.29, 0.717) is 6.42 Å². The highest BCUT2D eigenvalue weighted by atomic mass is 16.1. The lowest BCUT2D eigenvalue weighted by molar-refractivity contribution is -0.129. The predicted octanol–water partition coefficient (Wildman–Crippen LogP) is 2.68. The monoisotopic (exact) mass is 197 g/mol. The second-order valence-corrected chi connectivity index (χ2v) is 5.05. The van der Waals surface area contributed by atoms with Crippen molar-refractivity contribution in [3.8, 4) is 0 Å². The molecule has 0 aliphatic rings. The molecule has 0 unspecified atom stereocenters. The van der Waals surface area contributed by atoms with Crippen LogP contribution in [0.3, 0.4) is 0 Å². The maximum atomic E-state index is 11.9. The van der Waals surface area contributed by atoms with Crippen LogP contribution < -0.4 is 5.73 Å². The summed E-state index contributed by atoms with van der Waals surface area (Å²) in [5.74, 6) is 0.178. The number of hydrogen-bond acceptors (Lipinski definition) is 2. The molecule has 0 rings (SSSR count). The Morgan fingerprint density at radius 3 is 2.00 bits per heavy atom. The predicted molar refractivity (Wildman–Crippen MR) is 61.1 cm³/mol. The molecular weight excluding hydrogens is 174 g/mol. The number of carbonyl (C=O) groups is 1. The Morgan fingerprint density at radius 1 is 1.29 bits per heavy atom. The highest BCUT2D eigenvalue weighted by Gasteiger charge is 2.39. The minimum Gasteiger partial charge on any atom is -0.325 e. The second kappa shape index (κ2) is 4.26. The van der Waals surface area contributed by atoms with Crippen molar-refractivity contribution >= 4 is 5.78 Å². The van der Waals surface area contributed by atoms with Crippen LogP contribution in [0.4, 0.5) is 0 Å². The van der Waals surface area contributed by atoms with E-state index >= 15 is 0 Å². The molecule has 0 aromatic carbocycles. The van der Waals surface area contributed by atoms with E-state index in [4.69, 9.17) is 5.73 Å². The molecule has 0 radical (unpaired) electrons. The van der Waals surface area contributed by atoms with Gasteiger partial charge in [-0.25, -0.2) is 0 Å². The molecule has 0 atom stereocenters. The fraction of sp³-hybridized carbons (Fsp3) is 0.750. The van der Waals surface area contributed by atoms with Gasteiger partial charge in [0.25, 0.3) is 0 Å². The van der Waals surface area contributed by atoms with Gasteiger partial charge in [-0.1, -0.05) is 32.9 Å². The molecular formula is C12H23NO. The van der Waals surface area contributed by atoms with Crippen LogP contribution in [-0.4, -0.2) is 11.3 Å². The third-order valence-electron chi connectivity index (χ3n) is 3.22. The van der Waals surface area contributed by atoms with Crippen LogP contribution in [0.25, 0.3) is 0 Å². The van der Waals surface area contributed by atoms with Crippen molar-refractivity contribution in [1.29, 1.82) is 0 Å².